The maximum Gasteiger partial charge on any atom is 0.435 e. The summed E-state index contributed by atoms with van der Waals surface area (Å²) in [5.74, 6) is -1.22. The summed E-state index contributed by atoms with van der Waals surface area (Å²) in [4.78, 5) is 10.9. The summed E-state index contributed by atoms with van der Waals surface area (Å²) >= 11 is 0. The Morgan fingerprint density at radius 2 is 2.00 bits per heavy atom. The number of hydrogen-bond donors (Lipinski definition) is 1. The first-order valence-corrected chi connectivity index (χ1v) is 5.68. The summed E-state index contributed by atoms with van der Waals surface area (Å²) in [6.07, 6.45) is -1.40. The van der Waals surface area contributed by atoms with Crippen molar-refractivity contribution in [2.24, 2.45) is 5.73 Å². The topological polar surface area (TPSA) is 73.8 Å². The van der Waals surface area contributed by atoms with Crippen molar-refractivity contribution in [2.75, 3.05) is 0 Å². The molecule has 0 aliphatic carbocycles. The smallest absolute Gasteiger partial charge is 0.364 e. The summed E-state index contributed by atoms with van der Waals surface area (Å²) in [7, 11) is 0. The van der Waals surface area contributed by atoms with E-state index in [9.17, 15) is 18.0 Å². The van der Waals surface area contributed by atoms with Crippen LogP contribution in [0.25, 0.3) is 0 Å². The average Bonchev–Trinajstić information content (AvgIpc) is 2.68. The van der Waals surface area contributed by atoms with Gasteiger partial charge in [-0.15, -0.1) is 5.10 Å². The molecule has 0 spiro atoms. The maximum absolute atomic E-state index is 12.8. The molecule has 0 radical (unpaired) electrons. The lowest BCUT2D eigenvalue weighted by Gasteiger charge is -2.09. The molecule has 1 heterocycles. The van der Waals surface area contributed by atoms with E-state index >= 15 is 0 Å². The molecular formula is C10H15F3N4O. The monoisotopic (exact) mass is 264 g/mol. The van der Waals surface area contributed by atoms with Gasteiger partial charge in [-0.25, -0.2) is 4.68 Å². The van der Waals surface area contributed by atoms with Gasteiger partial charge >= 0.3 is 6.18 Å². The number of primary amides is 1. The lowest BCUT2D eigenvalue weighted by molar-refractivity contribution is -0.144. The predicted molar refractivity (Wildman–Crippen MR) is 57.7 cm³/mol. The fourth-order valence-electron chi connectivity index (χ4n) is 1.60. The molecule has 1 aromatic heterocycles. The number of alkyl halides is 3. The Kier molecular flexibility index (Phi) is 4.69. The largest absolute Gasteiger partial charge is 0.435 e. The number of halogens is 3. The highest BCUT2D eigenvalue weighted by molar-refractivity contribution is 5.91. The van der Waals surface area contributed by atoms with Crippen molar-refractivity contribution in [1.29, 1.82) is 0 Å². The fraction of sp³-hybridized carbons (Fsp3) is 0.700. The van der Waals surface area contributed by atoms with Gasteiger partial charge in [0.1, 0.15) is 0 Å². The van der Waals surface area contributed by atoms with Crippen LogP contribution >= 0.6 is 0 Å². The second-order valence-corrected chi connectivity index (χ2v) is 3.93. The van der Waals surface area contributed by atoms with Crippen molar-refractivity contribution < 1.29 is 18.0 Å². The Morgan fingerprint density at radius 1 is 1.33 bits per heavy atom. The van der Waals surface area contributed by atoms with E-state index in [1.807, 2.05) is 6.92 Å². The Labute approximate surface area is 102 Å². The number of carbonyl (C=O) groups excluding carboxylic acids is 1. The van der Waals surface area contributed by atoms with Crippen molar-refractivity contribution >= 4 is 5.91 Å². The predicted octanol–water partition coefficient (Wildman–Crippen LogP) is 1.98. The summed E-state index contributed by atoms with van der Waals surface area (Å²) in [6, 6.07) is 0. The van der Waals surface area contributed by atoms with Crippen LogP contribution in [0, 0.1) is 0 Å². The summed E-state index contributed by atoms with van der Waals surface area (Å²) in [5, 5.41) is 6.55. The van der Waals surface area contributed by atoms with Gasteiger partial charge in [0.05, 0.1) is 0 Å². The third-order valence-electron chi connectivity index (χ3n) is 2.46. The minimum absolute atomic E-state index is 0.0785. The van der Waals surface area contributed by atoms with E-state index in [0.717, 1.165) is 19.3 Å². The molecule has 0 aliphatic rings. The Hall–Kier alpha value is -1.60. The number of carbonyl (C=O) groups is 1. The van der Waals surface area contributed by atoms with Gasteiger partial charge in [0.25, 0.3) is 5.91 Å². The molecule has 1 rings (SSSR count). The van der Waals surface area contributed by atoms with Crippen molar-refractivity contribution in [3.05, 3.63) is 11.4 Å². The first kappa shape index (κ1) is 14.5. The molecule has 0 saturated carbocycles. The number of hydrogen-bond acceptors (Lipinski definition) is 3. The zero-order chi connectivity index (χ0) is 13.8. The zero-order valence-corrected chi connectivity index (χ0v) is 10.00. The summed E-state index contributed by atoms with van der Waals surface area (Å²) in [5.41, 5.74) is 2.86. The molecule has 1 amide bonds. The molecule has 1 aromatic rings. The molecule has 2 N–H and O–H groups in total. The summed E-state index contributed by atoms with van der Waals surface area (Å²) in [6.45, 7) is 2.08. The summed E-state index contributed by atoms with van der Waals surface area (Å²) < 4.78 is 39.0. The highest BCUT2D eigenvalue weighted by atomic mass is 19.4. The highest BCUT2D eigenvalue weighted by Crippen LogP contribution is 2.31. The number of rotatable bonds is 6. The maximum atomic E-state index is 12.8. The molecule has 0 saturated heterocycles. The van der Waals surface area contributed by atoms with E-state index in [1.165, 1.54) is 0 Å². The van der Waals surface area contributed by atoms with Crippen LogP contribution < -0.4 is 5.73 Å². The van der Waals surface area contributed by atoms with E-state index in [2.05, 4.69) is 10.3 Å². The normalized spacial score (nSPS) is 11.8. The highest BCUT2D eigenvalue weighted by Gasteiger charge is 2.40. The van der Waals surface area contributed by atoms with Crippen molar-refractivity contribution in [3.63, 3.8) is 0 Å². The standard InChI is InChI=1S/C10H15F3N4O/c1-2-3-4-5-6-17-8(10(11,12)13)7(9(14)18)15-16-17/h2-6H2,1H3,(H2,14,18). The van der Waals surface area contributed by atoms with E-state index in [1.54, 1.807) is 0 Å². The van der Waals surface area contributed by atoms with Gasteiger partial charge in [-0.05, 0) is 6.42 Å². The molecule has 0 unspecified atom stereocenters. The number of aryl methyl sites for hydroxylation is 1. The van der Waals surface area contributed by atoms with E-state index < -0.39 is 23.5 Å². The van der Waals surface area contributed by atoms with Gasteiger partial charge < -0.3 is 5.73 Å². The second kappa shape index (κ2) is 5.83. The van der Waals surface area contributed by atoms with Gasteiger partial charge in [0.2, 0.25) is 0 Å². The van der Waals surface area contributed by atoms with Gasteiger partial charge in [-0.1, -0.05) is 31.4 Å². The fourth-order valence-corrected chi connectivity index (χ4v) is 1.60. The van der Waals surface area contributed by atoms with Gasteiger partial charge in [-0.2, -0.15) is 13.2 Å². The van der Waals surface area contributed by atoms with Crippen molar-refractivity contribution in [2.45, 2.75) is 45.3 Å². The van der Waals surface area contributed by atoms with Crippen LogP contribution in [-0.2, 0) is 12.7 Å². The van der Waals surface area contributed by atoms with Crippen LogP contribution in [0.2, 0.25) is 0 Å². The zero-order valence-electron chi connectivity index (χ0n) is 10.00. The molecule has 5 nitrogen and oxygen atoms in total. The van der Waals surface area contributed by atoms with Crippen LogP contribution in [0.3, 0.4) is 0 Å². The van der Waals surface area contributed by atoms with Gasteiger partial charge in [0.15, 0.2) is 11.4 Å². The molecule has 0 aromatic carbocycles. The molecule has 0 fully saturated rings. The third-order valence-corrected chi connectivity index (χ3v) is 2.46. The minimum atomic E-state index is -4.68. The third kappa shape index (κ3) is 3.44. The number of nitrogens with zero attached hydrogens (tertiary/aromatic N) is 3. The number of amides is 1. The van der Waals surface area contributed by atoms with Crippen molar-refractivity contribution in [3.8, 4) is 0 Å². The van der Waals surface area contributed by atoms with Gasteiger partial charge in [-0.3, -0.25) is 4.79 Å². The number of unbranched alkanes of at least 4 members (excludes halogenated alkanes) is 3. The molecule has 0 atom stereocenters. The minimum Gasteiger partial charge on any atom is -0.364 e. The molecule has 0 bridgehead atoms. The van der Waals surface area contributed by atoms with Crippen LogP contribution in [-0.4, -0.2) is 20.9 Å². The van der Waals surface area contributed by atoms with Crippen LogP contribution in [0.1, 0.15) is 48.8 Å². The number of aromatic nitrogens is 3. The second-order valence-electron chi connectivity index (χ2n) is 3.93. The Bertz CT molecular complexity index is 414. The lowest BCUT2D eigenvalue weighted by Crippen LogP contribution is -2.21. The lowest BCUT2D eigenvalue weighted by atomic mass is 10.2. The van der Waals surface area contributed by atoms with Crippen LogP contribution in [0.4, 0.5) is 13.2 Å². The quantitative estimate of drug-likeness (QED) is 0.798. The first-order valence-electron chi connectivity index (χ1n) is 5.68. The Morgan fingerprint density at radius 3 is 2.50 bits per heavy atom. The average molecular weight is 264 g/mol. The SMILES string of the molecule is CCCCCCn1nnc(C(N)=O)c1C(F)(F)F. The number of nitrogens with two attached hydrogens (primary N) is 1. The molecule has 8 heteroatoms. The Balaban J connectivity index is 2.88. The van der Waals surface area contributed by atoms with Crippen LogP contribution in [0.15, 0.2) is 0 Å². The molecule has 102 valence electrons. The molecule has 18 heavy (non-hydrogen) atoms. The van der Waals surface area contributed by atoms with Crippen LogP contribution in [0.5, 0.6) is 0 Å². The first-order chi connectivity index (χ1) is 8.38. The molecular weight excluding hydrogens is 249 g/mol. The van der Waals surface area contributed by atoms with E-state index in [0.29, 0.717) is 11.1 Å². The molecule has 0 aliphatic heterocycles. The van der Waals surface area contributed by atoms with E-state index in [4.69, 9.17) is 5.73 Å². The van der Waals surface area contributed by atoms with Crippen molar-refractivity contribution in [1.82, 2.24) is 15.0 Å². The van der Waals surface area contributed by atoms with E-state index in [-0.39, 0.29) is 6.54 Å². The van der Waals surface area contributed by atoms with Gasteiger partial charge in [0, 0.05) is 6.54 Å².